The summed E-state index contributed by atoms with van der Waals surface area (Å²) in [6, 6.07) is 7.18. The maximum atomic E-state index is 11.7. The Morgan fingerprint density at radius 2 is 2.00 bits per heavy atom. The molecule has 20 heavy (non-hydrogen) atoms. The number of nitrogens with one attached hydrogen (secondary N) is 2. The van der Waals surface area contributed by atoms with Crippen molar-refractivity contribution in [3.63, 3.8) is 0 Å². The van der Waals surface area contributed by atoms with Crippen molar-refractivity contribution in [2.24, 2.45) is 0 Å². The third-order valence-corrected chi connectivity index (χ3v) is 3.17. The van der Waals surface area contributed by atoms with Crippen LogP contribution in [0.4, 0.5) is 5.69 Å². The second-order valence-electron chi connectivity index (χ2n) is 4.14. The van der Waals surface area contributed by atoms with Gasteiger partial charge in [0.25, 0.3) is 0 Å². The van der Waals surface area contributed by atoms with E-state index in [2.05, 4.69) is 10.6 Å². The van der Waals surface area contributed by atoms with Gasteiger partial charge >= 0.3 is 0 Å². The van der Waals surface area contributed by atoms with E-state index in [1.807, 2.05) is 19.1 Å². The van der Waals surface area contributed by atoms with Crippen LogP contribution < -0.4 is 15.4 Å². The van der Waals surface area contributed by atoms with Gasteiger partial charge in [-0.1, -0.05) is 53.9 Å². The highest BCUT2D eigenvalue weighted by Gasteiger charge is 2.34. The van der Waals surface area contributed by atoms with Crippen molar-refractivity contribution in [1.29, 1.82) is 0 Å². The normalized spacial score (nSPS) is 12.7. The molecule has 112 valence electrons. The molecule has 0 bridgehead atoms. The van der Waals surface area contributed by atoms with E-state index >= 15 is 0 Å². The van der Waals surface area contributed by atoms with Gasteiger partial charge in [0.2, 0.25) is 9.70 Å². The first-order chi connectivity index (χ1) is 9.38. The summed E-state index contributed by atoms with van der Waals surface area (Å²) in [5.74, 6) is 0.405. The molecule has 0 aromatic heterocycles. The molecule has 0 saturated carbocycles. The highest BCUT2D eigenvalue weighted by Crippen LogP contribution is 2.33. The lowest BCUT2D eigenvalue weighted by atomic mass is 10.2. The molecule has 1 rings (SSSR count). The van der Waals surface area contributed by atoms with Crippen LogP contribution in [0.5, 0.6) is 5.75 Å². The number of anilines is 1. The van der Waals surface area contributed by atoms with Crippen LogP contribution in [0.3, 0.4) is 0 Å². The van der Waals surface area contributed by atoms with Crippen molar-refractivity contribution >= 4 is 46.4 Å². The molecule has 2 N–H and O–H groups in total. The second kappa shape index (κ2) is 7.81. The van der Waals surface area contributed by atoms with E-state index in [1.165, 1.54) is 0 Å². The first-order valence-electron chi connectivity index (χ1n) is 6.14. The van der Waals surface area contributed by atoms with Crippen LogP contribution in [0, 0.1) is 0 Å². The predicted octanol–water partition coefficient (Wildman–Crippen LogP) is 3.72. The summed E-state index contributed by atoms with van der Waals surface area (Å²) in [6.45, 7) is 1.90. The Kier molecular flexibility index (Phi) is 6.72. The fraction of sp³-hybridized carbons (Fsp3) is 0.462. The number of carbonyl (C=O) groups is 1. The van der Waals surface area contributed by atoms with Gasteiger partial charge in [-0.25, -0.2) is 0 Å². The highest BCUT2D eigenvalue weighted by atomic mass is 35.6. The zero-order valence-corrected chi connectivity index (χ0v) is 13.5. The van der Waals surface area contributed by atoms with Gasteiger partial charge in [0, 0.05) is 6.42 Å². The quantitative estimate of drug-likeness (QED) is 0.613. The van der Waals surface area contributed by atoms with Crippen LogP contribution in [-0.2, 0) is 4.79 Å². The number of methoxy groups -OCH3 is 1. The lowest BCUT2D eigenvalue weighted by Gasteiger charge is -2.28. The Hall–Kier alpha value is -0.840. The van der Waals surface area contributed by atoms with Gasteiger partial charge in [-0.15, -0.1) is 0 Å². The molecule has 0 unspecified atom stereocenters. The molecule has 1 amide bonds. The van der Waals surface area contributed by atoms with Crippen molar-refractivity contribution < 1.29 is 9.53 Å². The number of para-hydroxylation sites is 2. The summed E-state index contributed by atoms with van der Waals surface area (Å²) >= 11 is 17.7. The predicted molar refractivity (Wildman–Crippen MR) is 83.7 cm³/mol. The molecule has 7 heteroatoms. The number of carbonyl (C=O) groups excluding carboxylic acids is 1. The van der Waals surface area contributed by atoms with Crippen LogP contribution in [0.25, 0.3) is 0 Å². The smallest absolute Gasteiger partial charge is 0.228 e. The van der Waals surface area contributed by atoms with E-state index in [4.69, 9.17) is 39.5 Å². The van der Waals surface area contributed by atoms with E-state index < -0.39 is 9.96 Å². The second-order valence-corrected chi connectivity index (χ2v) is 6.51. The zero-order chi connectivity index (χ0) is 15.2. The molecule has 0 radical (unpaired) electrons. The maximum absolute atomic E-state index is 11.7. The van der Waals surface area contributed by atoms with Gasteiger partial charge < -0.3 is 15.4 Å². The number of amides is 1. The van der Waals surface area contributed by atoms with Gasteiger partial charge in [0.05, 0.1) is 12.8 Å². The molecule has 0 aliphatic rings. The van der Waals surface area contributed by atoms with Gasteiger partial charge in [-0.3, -0.25) is 4.79 Å². The summed E-state index contributed by atoms with van der Waals surface area (Å²) in [7, 11) is 1.54. The van der Waals surface area contributed by atoms with E-state index in [-0.39, 0.29) is 5.91 Å². The van der Waals surface area contributed by atoms with Crippen molar-refractivity contribution in [3.05, 3.63) is 24.3 Å². The molecular weight excluding hydrogens is 323 g/mol. The minimum absolute atomic E-state index is 0.189. The zero-order valence-electron chi connectivity index (χ0n) is 11.3. The average Bonchev–Trinajstić information content (AvgIpc) is 2.37. The highest BCUT2D eigenvalue weighted by molar-refractivity contribution is 6.68. The summed E-state index contributed by atoms with van der Waals surface area (Å²) in [6.07, 6.45) is 0.223. The van der Waals surface area contributed by atoms with E-state index in [9.17, 15) is 4.79 Å². The number of alkyl halides is 3. The molecule has 1 atom stereocenters. The number of ether oxygens (including phenoxy) is 1. The van der Waals surface area contributed by atoms with Gasteiger partial charge in [0.1, 0.15) is 11.9 Å². The molecule has 1 aromatic rings. The Morgan fingerprint density at radius 1 is 1.35 bits per heavy atom. The van der Waals surface area contributed by atoms with Crippen LogP contribution >= 0.6 is 34.8 Å². The number of hydrogen-bond donors (Lipinski definition) is 2. The molecule has 0 saturated heterocycles. The fourth-order valence-corrected chi connectivity index (χ4v) is 1.91. The Labute approximate surface area is 133 Å². The lowest BCUT2D eigenvalue weighted by Crippen LogP contribution is -2.49. The summed E-state index contributed by atoms with van der Waals surface area (Å²) in [5.41, 5.74) is 0.628. The summed E-state index contributed by atoms with van der Waals surface area (Å²) in [5, 5.41) is 5.63. The molecule has 0 heterocycles. The minimum Gasteiger partial charge on any atom is -0.495 e. The number of benzene rings is 1. The molecule has 4 nitrogen and oxygen atoms in total. The van der Waals surface area contributed by atoms with Crippen molar-refractivity contribution in [2.75, 3.05) is 12.4 Å². The van der Waals surface area contributed by atoms with Crippen molar-refractivity contribution in [2.45, 2.75) is 29.7 Å². The Bertz CT molecular complexity index is 449. The van der Waals surface area contributed by atoms with Crippen LogP contribution in [-0.4, -0.2) is 23.0 Å². The maximum Gasteiger partial charge on any atom is 0.228 e. The van der Waals surface area contributed by atoms with Gasteiger partial charge in [0.15, 0.2) is 0 Å². The van der Waals surface area contributed by atoms with Crippen LogP contribution in [0.15, 0.2) is 24.3 Å². The average molecular weight is 340 g/mol. The van der Waals surface area contributed by atoms with E-state index in [0.29, 0.717) is 24.3 Å². The van der Waals surface area contributed by atoms with E-state index in [1.54, 1.807) is 19.2 Å². The molecule has 0 aliphatic carbocycles. The van der Waals surface area contributed by atoms with Crippen molar-refractivity contribution in [3.8, 4) is 5.75 Å². The molecule has 0 aliphatic heterocycles. The third kappa shape index (κ3) is 5.27. The molecule has 0 fully saturated rings. The largest absolute Gasteiger partial charge is 0.495 e. The van der Waals surface area contributed by atoms with Crippen molar-refractivity contribution in [1.82, 2.24) is 5.32 Å². The fourth-order valence-electron chi connectivity index (χ4n) is 1.58. The topological polar surface area (TPSA) is 50.4 Å². The van der Waals surface area contributed by atoms with Crippen LogP contribution in [0.1, 0.15) is 19.8 Å². The monoisotopic (exact) mass is 338 g/mol. The van der Waals surface area contributed by atoms with Gasteiger partial charge in [-0.2, -0.15) is 0 Å². The number of rotatable bonds is 6. The van der Waals surface area contributed by atoms with Gasteiger partial charge in [-0.05, 0) is 18.6 Å². The summed E-state index contributed by atoms with van der Waals surface area (Å²) in [4.78, 5) is 11.7. The summed E-state index contributed by atoms with van der Waals surface area (Å²) < 4.78 is 3.52. The third-order valence-electron chi connectivity index (χ3n) is 2.52. The Morgan fingerprint density at radius 3 is 2.55 bits per heavy atom. The Balaban J connectivity index is 2.87. The molecule has 0 spiro atoms. The SMILES string of the molecule is CCCC(=O)N[C@H](Nc1ccccc1OC)C(Cl)(Cl)Cl. The first-order valence-corrected chi connectivity index (χ1v) is 7.27. The van der Waals surface area contributed by atoms with E-state index in [0.717, 1.165) is 0 Å². The number of hydrogen-bond acceptors (Lipinski definition) is 3. The van der Waals surface area contributed by atoms with Crippen LogP contribution in [0.2, 0.25) is 0 Å². The first kappa shape index (κ1) is 17.2. The standard InChI is InChI=1S/C13H17Cl3N2O2/c1-3-6-11(19)18-12(13(14,15)16)17-9-7-4-5-8-10(9)20-2/h4-5,7-8,12,17H,3,6H2,1-2H3,(H,18,19)/t12-/m0/s1. The number of halogens is 3. The molecular formula is C13H17Cl3N2O2. The lowest BCUT2D eigenvalue weighted by molar-refractivity contribution is -0.121. The molecule has 1 aromatic carbocycles. The minimum atomic E-state index is -1.69.